The molecule has 0 fully saturated rings. The molecule has 0 atom stereocenters. The average Bonchev–Trinajstić information content (AvgIpc) is 2.37. The van der Waals surface area contributed by atoms with Gasteiger partial charge in [0, 0.05) is 25.2 Å². The summed E-state index contributed by atoms with van der Waals surface area (Å²) in [4.78, 5) is 18.0. The van der Waals surface area contributed by atoms with Gasteiger partial charge in [-0.2, -0.15) is 0 Å². The van der Waals surface area contributed by atoms with E-state index in [0.29, 0.717) is 6.42 Å². The van der Waals surface area contributed by atoms with E-state index in [1.807, 2.05) is 19.1 Å². The van der Waals surface area contributed by atoms with Crippen LogP contribution in [0.25, 0.3) is 0 Å². The highest BCUT2D eigenvalue weighted by Gasteiger charge is 2.18. The minimum Gasteiger partial charge on any atom is -0.355 e. The highest BCUT2D eigenvalue weighted by atomic mass is 16.1. The summed E-state index contributed by atoms with van der Waals surface area (Å²) in [7, 11) is 0. The smallest absolute Gasteiger partial charge is 0.226 e. The second-order valence-electron chi connectivity index (χ2n) is 3.70. The third-order valence-electron chi connectivity index (χ3n) is 2.58. The molecule has 1 aliphatic heterocycles. The molecule has 0 saturated heterocycles. The van der Waals surface area contributed by atoms with E-state index in [1.165, 1.54) is 0 Å². The van der Waals surface area contributed by atoms with Gasteiger partial charge in [-0.3, -0.25) is 4.79 Å². The molecule has 1 aromatic rings. The van der Waals surface area contributed by atoms with Gasteiger partial charge >= 0.3 is 0 Å². The van der Waals surface area contributed by atoms with Crippen molar-refractivity contribution in [1.82, 2.24) is 4.98 Å². The zero-order valence-electron chi connectivity index (χ0n) is 9.08. The van der Waals surface area contributed by atoms with Crippen LogP contribution >= 0.6 is 0 Å². The van der Waals surface area contributed by atoms with E-state index in [4.69, 9.17) is 0 Å². The second-order valence-corrected chi connectivity index (χ2v) is 3.70. The van der Waals surface area contributed by atoms with Gasteiger partial charge in [0.2, 0.25) is 5.91 Å². The number of hydrogen-bond donors (Lipinski definition) is 1. The number of amides is 1. The van der Waals surface area contributed by atoms with Crippen molar-refractivity contribution >= 4 is 17.4 Å². The molecule has 1 amide bonds. The SMILES string of the molecule is CCN1CCC(=O)Nc2ccc(C)nc21. The Labute approximate surface area is 89.3 Å². The maximum atomic E-state index is 11.4. The van der Waals surface area contributed by atoms with Crippen LogP contribution in [0.15, 0.2) is 12.1 Å². The molecule has 80 valence electrons. The standard InChI is InChI=1S/C11H15N3O/c1-3-14-7-6-10(15)13-9-5-4-8(2)12-11(9)14/h4-5H,3,6-7H2,1-2H3,(H,13,15). The summed E-state index contributed by atoms with van der Waals surface area (Å²) in [6.07, 6.45) is 0.531. The van der Waals surface area contributed by atoms with Crippen molar-refractivity contribution in [3.63, 3.8) is 0 Å². The van der Waals surface area contributed by atoms with Gasteiger partial charge in [0.05, 0.1) is 5.69 Å². The largest absolute Gasteiger partial charge is 0.355 e. The van der Waals surface area contributed by atoms with Crippen molar-refractivity contribution < 1.29 is 4.79 Å². The van der Waals surface area contributed by atoms with Gasteiger partial charge in [-0.15, -0.1) is 0 Å². The first-order chi connectivity index (χ1) is 7.20. The maximum Gasteiger partial charge on any atom is 0.226 e. The Morgan fingerprint density at radius 1 is 1.53 bits per heavy atom. The van der Waals surface area contributed by atoms with Crippen molar-refractivity contribution in [3.8, 4) is 0 Å². The predicted molar refractivity (Wildman–Crippen MR) is 60.1 cm³/mol. The molecule has 2 heterocycles. The molecule has 0 saturated carbocycles. The number of nitrogens with zero attached hydrogens (tertiary/aromatic N) is 2. The minimum atomic E-state index is 0.0675. The first-order valence-corrected chi connectivity index (χ1v) is 5.23. The fraction of sp³-hybridized carbons (Fsp3) is 0.455. The summed E-state index contributed by atoms with van der Waals surface area (Å²) in [6.45, 7) is 5.65. The minimum absolute atomic E-state index is 0.0675. The number of aromatic nitrogens is 1. The van der Waals surface area contributed by atoms with Crippen LogP contribution in [0.3, 0.4) is 0 Å². The molecule has 15 heavy (non-hydrogen) atoms. The molecule has 1 aliphatic rings. The zero-order valence-corrected chi connectivity index (χ0v) is 9.08. The van der Waals surface area contributed by atoms with Crippen molar-refractivity contribution in [2.24, 2.45) is 0 Å². The van der Waals surface area contributed by atoms with Crippen LogP contribution in [0.1, 0.15) is 19.0 Å². The molecule has 0 bridgehead atoms. The lowest BCUT2D eigenvalue weighted by Crippen LogP contribution is -2.24. The lowest BCUT2D eigenvalue weighted by Gasteiger charge is -2.20. The number of hydrogen-bond acceptors (Lipinski definition) is 3. The Balaban J connectivity index is 2.45. The topological polar surface area (TPSA) is 45.2 Å². The van der Waals surface area contributed by atoms with Crippen molar-refractivity contribution in [2.45, 2.75) is 20.3 Å². The van der Waals surface area contributed by atoms with Gasteiger partial charge in [-0.1, -0.05) is 0 Å². The van der Waals surface area contributed by atoms with Crippen molar-refractivity contribution in [2.75, 3.05) is 23.3 Å². The molecule has 0 spiro atoms. The number of nitrogens with one attached hydrogen (secondary N) is 1. The van der Waals surface area contributed by atoms with E-state index in [-0.39, 0.29) is 5.91 Å². The summed E-state index contributed by atoms with van der Waals surface area (Å²) in [5.41, 5.74) is 1.80. The van der Waals surface area contributed by atoms with Gasteiger partial charge < -0.3 is 10.2 Å². The van der Waals surface area contributed by atoms with Crippen molar-refractivity contribution in [1.29, 1.82) is 0 Å². The average molecular weight is 205 g/mol. The summed E-state index contributed by atoms with van der Waals surface area (Å²) in [5.74, 6) is 0.959. The number of carbonyl (C=O) groups is 1. The van der Waals surface area contributed by atoms with Crippen LogP contribution in [-0.4, -0.2) is 24.0 Å². The van der Waals surface area contributed by atoms with Gasteiger partial charge in [0.25, 0.3) is 0 Å². The quantitative estimate of drug-likeness (QED) is 0.756. The van der Waals surface area contributed by atoms with Crippen LogP contribution in [0.5, 0.6) is 0 Å². The Kier molecular flexibility index (Phi) is 2.58. The van der Waals surface area contributed by atoms with E-state index in [1.54, 1.807) is 0 Å². The summed E-state index contributed by atoms with van der Waals surface area (Å²) >= 11 is 0. The fourth-order valence-corrected chi connectivity index (χ4v) is 1.74. The third kappa shape index (κ3) is 1.93. The highest BCUT2D eigenvalue weighted by Crippen LogP contribution is 2.26. The predicted octanol–water partition coefficient (Wildman–Crippen LogP) is 1.56. The van der Waals surface area contributed by atoms with Crippen LogP contribution in [0, 0.1) is 6.92 Å². The lowest BCUT2D eigenvalue weighted by molar-refractivity contribution is -0.115. The zero-order chi connectivity index (χ0) is 10.8. The molecular weight excluding hydrogens is 190 g/mol. The third-order valence-corrected chi connectivity index (χ3v) is 2.58. The van der Waals surface area contributed by atoms with Gasteiger partial charge in [0.1, 0.15) is 0 Å². The fourth-order valence-electron chi connectivity index (χ4n) is 1.74. The van der Waals surface area contributed by atoms with Gasteiger partial charge in [0.15, 0.2) is 5.82 Å². The van der Waals surface area contributed by atoms with E-state index in [0.717, 1.165) is 30.3 Å². The number of anilines is 2. The molecule has 0 aliphatic carbocycles. The van der Waals surface area contributed by atoms with E-state index in [9.17, 15) is 4.79 Å². The van der Waals surface area contributed by atoms with E-state index in [2.05, 4.69) is 22.1 Å². The molecule has 4 nitrogen and oxygen atoms in total. The summed E-state index contributed by atoms with van der Waals surface area (Å²) in [5, 5.41) is 2.87. The first kappa shape index (κ1) is 9.96. The Morgan fingerprint density at radius 2 is 2.33 bits per heavy atom. The Morgan fingerprint density at radius 3 is 3.07 bits per heavy atom. The van der Waals surface area contributed by atoms with Crippen LogP contribution < -0.4 is 10.2 Å². The number of pyridine rings is 1. The number of fused-ring (bicyclic) bond motifs is 1. The molecule has 1 aromatic heterocycles. The highest BCUT2D eigenvalue weighted by molar-refractivity contribution is 5.95. The molecule has 0 aromatic carbocycles. The maximum absolute atomic E-state index is 11.4. The molecular formula is C11H15N3O. The number of aryl methyl sites for hydroxylation is 1. The van der Waals surface area contributed by atoms with Gasteiger partial charge in [-0.25, -0.2) is 4.98 Å². The molecule has 0 unspecified atom stereocenters. The number of carbonyl (C=O) groups excluding carboxylic acids is 1. The Hall–Kier alpha value is -1.58. The number of rotatable bonds is 1. The van der Waals surface area contributed by atoms with E-state index >= 15 is 0 Å². The summed E-state index contributed by atoms with van der Waals surface area (Å²) in [6, 6.07) is 3.84. The van der Waals surface area contributed by atoms with Crippen LogP contribution in [-0.2, 0) is 4.79 Å². The van der Waals surface area contributed by atoms with Crippen LogP contribution in [0.2, 0.25) is 0 Å². The second kappa shape index (κ2) is 3.88. The first-order valence-electron chi connectivity index (χ1n) is 5.23. The van der Waals surface area contributed by atoms with E-state index < -0.39 is 0 Å². The molecule has 1 N–H and O–H groups in total. The molecule has 2 rings (SSSR count). The van der Waals surface area contributed by atoms with Gasteiger partial charge in [-0.05, 0) is 26.0 Å². The molecule has 0 radical (unpaired) electrons. The summed E-state index contributed by atoms with van der Waals surface area (Å²) < 4.78 is 0. The van der Waals surface area contributed by atoms with Crippen molar-refractivity contribution in [3.05, 3.63) is 17.8 Å². The monoisotopic (exact) mass is 205 g/mol. The normalized spacial score (nSPS) is 15.6. The Bertz CT molecular complexity index is 389. The van der Waals surface area contributed by atoms with Crippen LogP contribution in [0.4, 0.5) is 11.5 Å². The molecule has 4 heteroatoms. The lowest BCUT2D eigenvalue weighted by atomic mass is 10.3.